The van der Waals surface area contributed by atoms with Crippen LogP contribution >= 0.6 is 11.6 Å². The van der Waals surface area contributed by atoms with Gasteiger partial charge in [-0.15, -0.1) is 0 Å². The van der Waals surface area contributed by atoms with Crippen molar-refractivity contribution in [2.45, 2.75) is 52.1 Å². The van der Waals surface area contributed by atoms with Crippen molar-refractivity contribution in [2.24, 2.45) is 0 Å². The van der Waals surface area contributed by atoms with Crippen LogP contribution in [0.4, 0.5) is 0 Å². The summed E-state index contributed by atoms with van der Waals surface area (Å²) in [5.41, 5.74) is 1.81. The summed E-state index contributed by atoms with van der Waals surface area (Å²) in [6.07, 6.45) is 2.18. The predicted molar refractivity (Wildman–Crippen MR) is 120 cm³/mol. The van der Waals surface area contributed by atoms with E-state index >= 15 is 0 Å². The van der Waals surface area contributed by atoms with Gasteiger partial charge in [0, 0.05) is 24.5 Å². The third-order valence-corrected chi connectivity index (χ3v) is 5.67. The van der Waals surface area contributed by atoms with E-state index in [4.69, 9.17) is 21.1 Å². The van der Waals surface area contributed by atoms with Crippen molar-refractivity contribution in [3.8, 4) is 11.5 Å². The van der Waals surface area contributed by atoms with E-state index in [0.29, 0.717) is 35.9 Å². The van der Waals surface area contributed by atoms with Gasteiger partial charge >= 0.3 is 0 Å². The van der Waals surface area contributed by atoms with Crippen molar-refractivity contribution >= 4 is 23.4 Å². The lowest BCUT2D eigenvalue weighted by molar-refractivity contribution is -0.141. The highest BCUT2D eigenvalue weighted by Crippen LogP contribution is 2.33. The van der Waals surface area contributed by atoms with Crippen LogP contribution in [-0.4, -0.2) is 36.1 Å². The van der Waals surface area contributed by atoms with Crippen LogP contribution in [0.5, 0.6) is 11.5 Å². The average Bonchev–Trinajstić information content (AvgIpc) is 3.25. The standard InChI is InChI=1S/C24H29ClN2O4/c1-3-13-26-24(29)20(4-2)27(15-18-7-5-6-8-19(18)25)23(28)12-10-17-9-11-21-22(14-17)31-16-30-21/h5-9,11,14,20H,3-4,10,12-13,15-16H2,1-2H3,(H,26,29)/t20-/m1/s1. The Balaban J connectivity index is 1.76. The Morgan fingerprint density at radius 1 is 1.13 bits per heavy atom. The lowest BCUT2D eigenvalue weighted by atomic mass is 10.1. The van der Waals surface area contributed by atoms with Gasteiger partial charge in [0.2, 0.25) is 18.6 Å². The molecule has 7 heteroatoms. The second kappa shape index (κ2) is 11.0. The maximum atomic E-state index is 13.3. The normalized spacial score (nSPS) is 13.0. The van der Waals surface area contributed by atoms with Gasteiger partial charge in [0.1, 0.15) is 6.04 Å². The van der Waals surface area contributed by atoms with Crippen LogP contribution in [0.15, 0.2) is 42.5 Å². The van der Waals surface area contributed by atoms with E-state index in [9.17, 15) is 9.59 Å². The number of ether oxygens (including phenoxy) is 2. The summed E-state index contributed by atoms with van der Waals surface area (Å²) in [7, 11) is 0. The molecular weight excluding hydrogens is 416 g/mol. The molecule has 0 unspecified atom stereocenters. The molecule has 1 atom stereocenters. The lowest BCUT2D eigenvalue weighted by Crippen LogP contribution is -2.49. The molecule has 2 amide bonds. The third kappa shape index (κ3) is 5.91. The zero-order valence-electron chi connectivity index (χ0n) is 18.0. The average molecular weight is 445 g/mol. The number of amides is 2. The number of rotatable bonds is 10. The molecule has 1 heterocycles. The number of aryl methyl sites for hydroxylation is 1. The monoisotopic (exact) mass is 444 g/mol. The van der Waals surface area contributed by atoms with Gasteiger partial charge in [-0.05, 0) is 48.6 Å². The van der Waals surface area contributed by atoms with Gasteiger partial charge in [-0.3, -0.25) is 9.59 Å². The zero-order valence-corrected chi connectivity index (χ0v) is 18.8. The number of nitrogens with zero attached hydrogens (tertiary/aromatic N) is 1. The van der Waals surface area contributed by atoms with Gasteiger partial charge in [0.05, 0.1) is 0 Å². The molecule has 1 N–H and O–H groups in total. The Morgan fingerprint density at radius 2 is 1.90 bits per heavy atom. The van der Waals surface area contributed by atoms with E-state index in [1.165, 1.54) is 0 Å². The molecule has 6 nitrogen and oxygen atoms in total. The summed E-state index contributed by atoms with van der Waals surface area (Å²) >= 11 is 6.35. The molecule has 0 spiro atoms. The Bertz CT molecular complexity index is 918. The molecule has 31 heavy (non-hydrogen) atoms. The molecule has 0 saturated heterocycles. The molecule has 1 aliphatic rings. The fraction of sp³-hybridized carbons (Fsp3) is 0.417. The summed E-state index contributed by atoms with van der Waals surface area (Å²) < 4.78 is 10.8. The smallest absolute Gasteiger partial charge is 0.242 e. The first-order valence-corrected chi connectivity index (χ1v) is 11.1. The minimum atomic E-state index is -0.549. The summed E-state index contributed by atoms with van der Waals surface area (Å²) in [4.78, 5) is 27.7. The second-order valence-corrected chi connectivity index (χ2v) is 7.92. The molecular formula is C24H29ClN2O4. The summed E-state index contributed by atoms with van der Waals surface area (Å²) in [5.74, 6) is 1.20. The van der Waals surface area contributed by atoms with E-state index in [1.807, 2.05) is 50.2 Å². The van der Waals surface area contributed by atoms with E-state index in [1.54, 1.807) is 11.0 Å². The second-order valence-electron chi connectivity index (χ2n) is 7.52. The molecule has 0 fully saturated rings. The van der Waals surface area contributed by atoms with Crippen molar-refractivity contribution in [1.82, 2.24) is 10.2 Å². The predicted octanol–water partition coefficient (Wildman–Crippen LogP) is 4.33. The highest BCUT2D eigenvalue weighted by molar-refractivity contribution is 6.31. The molecule has 2 aromatic carbocycles. The highest BCUT2D eigenvalue weighted by Gasteiger charge is 2.28. The molecule has 0 bridgehead atoms. The first kappa shape index (κ1) is 22.9. The van der Waals surface area contributed by atoms with Crippen molar-refractivity contribution in [3.63, 3.8) is 0 Å². The number of carbonyl (C=O) groups is 2. The molecule has 0 aromatic heterocycles. The van der Waals surface area contributed by atoms with Gasteiger partial charge in [-0.2, -0.15) is 0 Å². The van der Waals surface area contributed by atoms with Crippen LogP contribution in [-0.2, 0) is 22.6 Å². The maximum absolute atomic E-state index is 13.3. The molecule has 0 saturated carbocycles. The van der Waals surface area contributed by atoms with Gasteiger partial charge < -0.3 is 19.7 Å². The van der Waals surface area contributed by atoms with Crippen LogP contribution < -0.4 is 14.8 Å². The number of fused-ring (bicyclic) bond motifs is 1. The number of hydrogen-bond acceptors (Lipinski definition) is 4. The molecule has 3 rings (SSSR count). The van der Waals surface area contributed by atoms with Gasteiger partial charge in [0.25, 0.3) is 0 Å². The quantitative estimate of drug-likeness (QED) is 0.592. The summed E-state index contributed by atoms with van der Waals surface area (Å²) in [6.45, 7) is 5.01. The Hall–Kier alpha value is -2.73. The van der Waals surface area contributed by atoms with E-state index in [-0.39, 0.29) is 31.6 Å². The van der Waals surface area contributed by atoms with Crippen LogP contribution in [0.1, 0.15) is 44.2 Å². The fourth-order valence-corrected chi connectivity index (χ4v) is 3.78. The van der Waals surface area contributed by atoms with Crippen molar-refractivity contribution in [3.05, 3.63) is 58.6 Å². The van der Waals surface area contributed by atoms with E-state index < -0.39 is 6.04 Å². The topological polar surface area (TPSA) is 67.9 Å². The lowest BCUT2D eigenvalue weighted by Gasteiger charge is -2.31. The van der Waals surface area contributed by atoms with Crippen molar-refractivity contribution < 1.29 is 19.1 Å². The minimum Gasteiger partial charge on any atom is -0.454 e. The van der Waals surface area contributed by atoms with Crippen LogP contribution in [0.2, 0.25) is 5.02 Å². The minimum absolute atomic E-state index is 0.0870. The first-order valence-electron chi connectivity index (χ1n) is 10.7. The van der Waals surface area contributed by atoms with Gasteiger partial charge in [-0.25, -0.2) is 0 Å². The Labute approximate surface area is 188 Å². The Kier molecular flexibility index (Phi) is 8.18. The molecule has 2 aromatic rings. The van der Waals surface area contributed by atoms with Crippen LogP contribution in [0, 0.1) is 0 Å². The fourth-order valence-electron chi connectivity index (χ4n) is 3.59. The SMILES string of the molecule is CCCNC(=O)[C@@H](CC)N(Cc1ccccc1Cl)C(=O)CCc1ccc2c(c1)OCO2. The van der Waals surface area contributed by atoms with Gasteiger partial charge in [-0.1, -0.05) is 49.7 Å². The number of halogens is 1. The number of nitrogens with one attached hydrogen (secondary N) is 1. The van der Waals surface area contributed by atoms with Gasteiger partial charge in [0.15, 0.2) is 11.5 Å². The largest absolute Gasteiger partial charge is 0.454 e. The summed E-state index contributed by atoms with van der Waals surface area (Å²) in [5, 5.41) is 3.51. The summed E-state index contributed by atoms with van der Waals surface area (Å²) in [6, 6.07) is 12.6. The first-order chi connectivity index (χ1) is 15.0. The third-order valence-electron chi connectivity index (χ3n) is 5.30. The zero-order chi connectivity index (χ0) is 22.2. The van der Waals surface area contributed by atoms with E-state index in [0.717, 1.165) is 17.5 Å². The van der Waals surface area contributed by atoms with Crippen LogP contribution in [0.3, 0.4) is 0 Å². The molecule has 0 aliphatic carbocycles. The highest BCUT2D eigenvalue weighted by atomic mass is 35.5. The van der Waals surface area contributed by atoms with E-state index in [2.05, 4.69) is 5.32 Å². The molecule has 166 valence electrons. The molecule has 0 radical (unpaired) electrons. The number of carbonyl (C=O) groups excluding carboxylic acids is 2. The number of benzene rings is 2. The maximum Gasteiger partial charge on any atom is 0.242 e. The van der Waals surface area contributed by atoms with Crippen molar-refractivity contribution in [2.75, 3.05) is 13.3 Å². The van der Waals surface area contributed by atoms with Crippen molar-refractivity contribution in [1.29, 1.82) is 0 Å². The molecule has 1 aliphatic heterocycles. The number of hydrogen-bond donors (Lipinski definition) is 1. The Morgan fingerprint density at radius 3 is 2.65 bits per heavy atom. The van der Waals surface area contributed by atoms with Crippen LogP contribution in [0.25, 0.3) is 0 Å².